The van der Waals surface area contributed by atoms with Gasteiger partial charge in [-0.05, 0) is 130 Å². The predicted octanol–water partition coefficient (Wildman–Crippen LogP) is 22.1. The lowest BCUT2D eigenvalue weighted by molar-refractivity contribution is -0.275. The highest BCUT2D eigenvalue weighted by molar-refractivity contribution is 7.17. The average Bonchev–Trinajstić information content (AvgIpc) is 1.12. The number of esters is 2. The fourth-order valence-corrected chi connectivity index (χ4v) is 14.5. The van der Waals surface area contributed by atoms with Crippen LogP contribution in [0.5, 0.6) is 34.5 Å². The van der Waals surface area contributed by atoms with Crippen LogP contribution in [0.25, 0.3) is 0 Å². The number of methoxy groups -OCH3 is 1. The van der Waals surface area contributed by atoms with Crippen LogP contribution in [0.1, 0.15) is 116 Å². The van der Waals surface area contributed by atoms with Gasteiger partial charge in [0.25, 0.3) is 11.9 Å². The number of H-pyrrole nitrogens is 1. The molecule has 12 aromatic rings. The number of aromatic nitrogens is 6. The van der Waals surface area contributed by atoms with E-state index < -0.39 is 141 Å². The fraction of sp³-hybridized carbons (Fsp3) is 0.247. The lowest BCUT2D eigenvalue weighted by Gasteiger charge is -2.37. The van der Waals surface area contributed by atoms with E-state index in [-0.39, 0.29) is 76.4 Å². The monoisotopic (exact) mass is 1930 g/mol. The lowest BCUT2D eigenvalue weighted by Crippen LogP contribution is -2.50. The number of amides is 6. The molecule has 0 unspecified atom stereocenters. The Morgan fingerprint density at radius 2 is 0.689 bits per heavy atom. The molecular weight excluding hydrogens is 1860 g/mol. The van der Waals surface area contributed by atoms with Crippen LogP contribution in [0, 0.1) is 0 Å². The zero-order valence-corrected chi connectivity index (χ0v) is 71.7. The van der Waals surface area contributed by atoms with Crippen LogP contribution in [0.2, 0.25) is 0 Å². The molecule has 0 atom stereocenters. The van der Waals surface area contributed by atoms with E-state index in [0.717, 1.165) is 79.9 Å². The molecule has 0 aliphatic heterocycles. The smallest absolute Gasteiger partial charge is 0.463 e. The lowest BCUT2D eigenvalue weighted by atomic mass is 9.77. The van der Waals surface area contributed by atoms with Crippen molar-refractivity contribution in [3.8, 4) is 34.5 Å². The van der Waals surface area contributed by atoms with Crippen molar-refractivity contribution in [2.24, 2.45) is 7.05 Å². The van der Waals surface area contributed by atoms with Crippen LogP contribution in [0.3, 0.4) is 0 Å². The van der Waals surface area contributed by atoms with E-state index in [4.69, 9.17) is 4.74 Å². The van der Waals surface area contributed by atoms with Gasteiger partial charge in [0, 0.05) is 44.7 Å². The van der Waals surface area contributed by atoms with E-state index in [0.29, 0.717) is 46.5 Å². The third-order valence-corrected chi connectivity index (χ3v) is 19.9. The first-order valence-corrected chi connectivity index (χ1v) is 40.1. The first-order chi connectivity index (χ1) is 63.1. The summed E-state index contributed by atoms with van der Waals surface area (Å²) in [6.07, 6.45) is -30.9. The number of benzene rings is 9. The Kier molecular flexibility index (Phi) is 31.7. The summed E-state index contributed by atoms with van der Waals surface area (Å²) in [6.45, 7) is 7.60. The number of halogens is 20. The van der Waals surface area contributed by atoms with Gasteiger partial charge in [-0.1, -0.05) is 196 Å². The van der Waals surface area contributed by atoms with Gasteiger partial charge in [0.2, 0.25) is 5.82 Å². The summed E-state index contributed by atoms with van der Waals surface area (Å²) < 4.78 is 301. The summed E-state index contributed by atoms with van der Waals surface area (Å²) in [5.41, 5.74) is -4.53. The zero-order chi connectivity index (χ0) is 98.9. The third kappa shape index (κ3) is 29.6. The highest BCUT2D eigenvalue weighted by Gasteiger charge is 2.46. The van der Waals surface area contributed by atoms with Crippen molar-refractivity contribution < 1.29 is 150 Å². The van der Waals surface area contributed by atoms with Crippen molar-refractivity contribution in [1.29, 1.82) is 0 Å². The van der Waals surface area contributed by atoms with Crippen molar-refractivity contribution in [2.45, 2.75) is 120 Å². The molecule has 3 aromatic heterocycles. The molecule has 0 bridgehead atoms. The number of ether oxygens (including phenoxy) is 8. The topological polar surface area (TPSA) is 304 Å². The normalized spacial score (nSPS) is 12.2. The maximum Gasteiger partial charge on any atom is 0.573 e. The number of hydrogen-bond donors (Lipinski definition) is 7. The Morgan fingerprint density at radius 3 is 0.963 bits per heavy atom. The van der Waals surface area contributed by atoms with Gasteiger partial charge in [-0.25, -0.2) is 29.0 Å². The van der Waals surface area contributed by atoms with E-state index in [2.05, 4.69) is 90.3 Å². The number of aryl methyl sites for hydroxylation is 1. The molecule has 46 heteroatoms. The van der Waals surface area contributed by atoms with Crippen LogP contribution in [0.4, 0.5) is 119 Å². The van der Waals surface area contributed by atoms with Gasteiger partial charge in [0.1, 0.15) is 50.9 Å². The van der Waals surface area contributed by atoms with Gasteiger partial charge in [0.05, 0.1) is 36.0 Å². The third-order valence-electron chi connectivity index (χ3n) is 19.0. The number of carbonyl (C=O) groups is 5. The van der Waals surface area contributed by atoms with E-state index >= 15 is 0 Å². The molecule has 135 heavy (non-hydrogen) atoms. The molecule has 9 aromatic carbocycles. The van der Waals surface area contributed by atoms with Crippen molar-refractivity contribution in [1.82, 2.24) is 45.9 Å². The number of nitrogens with one attached hydrogen (secondary N) is 7. The van der Waals surface area contributed by atoms with Crippen LogP contribution in [-0.2, 0) is 63.7 Å². The van der Waals surface area contributed by atoms with Crippen molar-refractivity contribution in [3.05, 3.63) is 315 Å². The van der Waals surface area contributed by atoms with E-state index in [1.54, 1.807) is 104 Å². The Morgan fingerprint density at radius 1 is 0.385 bits per heavy atom. The number of carbonyl (C=O) groups excluding carboxylic acids is 5. The summed E-state index contributed by atoms with van der Waals surface area (Å²) in [6, 6.07) is 51.5. The SMILES string of the molecule is CCOC(=O)c1sc(NC(=O)NC(Cc2ccccc2)(c2cccc(OC(F)(F)F)c2)c2cccc(OC(F)(F)F)c2)nc1C(C)(F)F.COC(=O)c1nc(NC(=O)NC(Cc2ccccc2)(c2cccc(OC(F)(F)F)c2)c2cccc(OC(F)(F)F)c2)n[nH]1.Cn1nc(C(C)(C)C)cc1NC(=O)NC(Cc1ccccc1)(c1cccc(OC(F)(F)F)c1)c1cccc(OC(F)(F)F)c1. The molecule has 6 amide bonds. The Labute approximate surface area is 756 Å². The quantitative estimate of drug-likeness (QED) is 0.0177. The van der Waals surface area contributed by atoms with Crippen LogP contribution in [0.15, 0.2) is 243 Å². The summed E-state index contributed by atoms with van der Waals surface area (Å²) >= 11 is 0.374. The van der Waals surface area contributed by atoms with Gasteiger partial charge in [-0.2, -0.15) is 18.9 Å². The Balaban J connectivity index is 0.000000210. The van der Waals surface area contributed by atoms with E-state index in [1.807, 2.05) is 20.8 Å². The summed E-state index contributed by atoms with van der Waals surface area (Å²) in [7, 11) is 2.72. The van der Waals surface area contributed by atoms with Gasteiger partial charge in [0.15, 0.2) is 5.13 Å². The van der Waals surface area contributed by atoms with Crippen LogP contribution < -0.4 is 60.3 Å². The maximum atomic E-state index is 14.4. The minimum atomic E-state index is -5.12. The fourth-order valence-electron chi connectivity index (χ4n) is 13.6. The molecule has 0 aliphatic rings. The molecule has 7 N–H and O–H groups in total. The van der Waals surface area contributed by atoms with Crippen LogP contribution >= 0.6 is 11.3 Å². The van der Waals surface area contributed by atoms with E-state index in [9.17, 15) is 112 Å². The number of anilines is 3. The number of aromatic amines is 1. The van der Waals surface area contributed by atoms with Crippen molar-refractivity contribution in [2.75, 3.05) is 29.7 Å². The van der Waals surface area contributed by atoms with Crippen molar-refractivity contribution in [3.63, 3.8) is 0 Å². The Hall–Kier alpha value is -14.9. The van der Waals surface area contributed by atoms with Crippen molar-refractivity contribution >= 4 is 58.3 Å². The van der Waals surface area contributed by atoms with Gasteiger partial charge in [-0.3, -0.25) is 25.7 Å². The number of rotatable bonds is 28. The molecule has 0 spiro atoms. The minimum absolute atomic E-state index is 0.00245. The standard InChI is InChI=1S/C31H25F8N3O5S.C31H30F6N4O3.C27H21F6N5O5/c1-3-45-25(43)23-24(28(2,32)33)40-27(48-23)41-26(44)42-29(17-18-9-5-4-6-10-18,19-11-7-13-21(15-19)46-30(34,35)36)20-12-8-14-22(16-20)47-31(37,38)39;1-28(2,3)25-18-26(41(4)40-25)38-27(42)39-29(19-20-10-6-5-7-11-20,21-12-8-14-23(16-21)43-30(32,33)34)22-13-9-15-24(17-22)44-31(35,36)37;1-41-22(39)21-34-23(38-37-21)35-24(40)36-25(15-16-7-3-2-4-8-16,17-9-5-11-19(13-17)42-26(28,29)30)18-10-6-12-20(14-18)43-27(31,32)33/h4-16H,3,17H2,1-2H3,(H2,40,41,42,44);5-18H,19H2,1-4H3,(H2,38,39,42);2-14H,15H2,1H3,(H3,34,35,36,37,38,40). The summed E-state index contributed by atoms with van der Waals surface area (Å²) in [4.78, 5) is 71.8. The molecule has 12 rings (SSSR count). The van der Waals surface area contributed by atoms with Gasteiger partial charge in [-0.15, -0.1) is 84.1 Å². The average molecular weight is 1930 g/mol. The maximum absolute atomic E-state index is 14.4. The number of nitrogens with zero attached hydrogens (tertiary/aromatic N) is 5. The van der Waals surface area contributed by atoms with Gasteiger partial charge >= 0.3 is 68.2 Å². The summed E-state index contributed by atoms with van der Waals surface area (Å²) in [5.74, 6) is -9.95. The molecule has 0 saturated heterocycles. The highest BCUT2D eigenvalue weighted by Crippen LogP contribution is 2.45. The number of hydrogen-bond acceptors (Lipinski definition) is 18. The first kappa shape index (κ1) is 102. The summed E-state index contributed by atoms with van der Waals surface area (Å²) in [5, 5.41) is 25.3. The second kappa shape index (κ2) is 41.9. The molecule has 25 nitrogen and oxygen atoms in total. The number of alkyl halides is 20. The largest absolute Gasteiger partial charge is 0.573 e. The molecule has 0 aliphatic carbocycles. The zero-order valence-electron chi connectivity index (χ0n) is 70.9. The predicted molar refractivity (Wildman–Crippen MR) is 445 cm³/mol. The molecular formula is C89H76F20N12O13S. The Bertz CT molecular complexity index is 5890. The highest BCUT2D eigenvalue weighted by atomic mass is 32.1. The molecule has 0 fully saturated rings. The van der Waals surface area contributed by atoms with Gasteiger partial charge < -0.3 is 53.8 Å². The molecule has 716 valence electrons. The molecule has 0 radical (unpaired) electrons. The number of urea groups is 3. The molecule has 0 saturated carbocycles. The second-order valence-electron chi connectivity index (χ2n) is 30.0. The molecule has 3 heterocycles. The van der Waals surface area contributed by atoms with Crippen LogP contribution in [-0.4, -0.2) is 112 Å². The first-order valence-electron chi connectivity index (χ1n) is 39.3. The number of thiazole rings is 1. The minimum Gasteiger partial charge on any atom is -0.463 e. The van der Waals surface area contributed by atoms with E-state index in [1.165, 1.54) is 84.4 Å². The second-order valence-corrected chi connectivity index (χ2v) is 31.0.